The van der Waals surface area contributed by atoms with Crippen LogP contribution in [-0.2, 0) is 13.1 Å². The molecule has 0 saturated carbocycles. The summed E-state index contributed by atoms with van der Waals surface area (Å²) >= 11 is 0. The van der Waals surface area contributed by atoms with Crippen LogP contribution >= 0.6 is 24.0 Å². The van der Waals surface area contributed by atoms with Crippen molar-refractivity contribution >= 4 is 29.9 Å². The van der Waals surface area contributed by atoms with Gasteiger partial charge in [0, 0.05) is 38.3 Å². The van der Waals surface area contributed by atoms with Gasteiger partial charge in [-0.1, -0.05) is 12.1 Å². The zero-order valence-corrected chi connectivity index (χ0v) is 20.7. The van der Waals surface area contributed by atoms with E-state index in [9.17, 15) is 0 Å². The number of ether oxygens (including phenoxy) is 3. The summed E-state index contributed by atoms with van der Waals surface area (Å²) < 4.78 is 16.5. The van der Waals surface area contributed by atoms with Crippen LogP contribution in [0.25, 0.3) is 0 Å². The minimum atomic E-state index is 0. The largest absolute Gasteiger partial charge is 0.497 e. The fraction of sp³-hybridized carbons (Fsp3) is 0.409. The molecule has 2 N–H and O–H groups in total. The second kappa shape index (κ2) is 13.9. The van der Waals surface area contributed by atoms with E-state index in [1.54, 1.807) is 21.3 Å². The molecule has 0 saturated heterocycles. The minimum Gasteiger partial charge on any atom is -0.497 e. The molecule has 0 amide bonds. The van der Waals surface area contributed by atoms with Crippen LogP contribution < -0.4 is 24.8 Å². The van der Waals surface area contributed by atoms with Gasteiger partial charge in [0.25, 0.3) is 0 Å². The van der Waals surface area contributed by atoms with Crippen molar-refractivity contribution in [3.05, 3.63) is 53.6 Å². The lowest BCUT2D eigenvalue weighted by molar-refractivity contribution is 0.261. The number of halogens is 1. The minimum absolute atomic E-state index is 0. The third-order valence-electron chi connectivity index (χ3n) is 4.33. The van der Waals surface area contributed by atoms with E-state index in [0.29, 0.717) is 25.7 Å². The number of likely N-dealkylation sites (N-methyl/N-ethyl adjacent to an activating group) is 1. The summed E-state index contributed by atoms with van der Waals surface area (Å²) in [5, 5.41) is 6.64. The van der Waals surface area contributed by atoms with Gasteiger partial charge in [-0.3, -0.25) is 4.99 Å². The first-order chi connectivity index (χ1) is 14.0. The Bertz CT molecular complexity index is 800. The van der Waals surface area contributed by atoms with Crippen molar-refractivity contribution in [2.75, 3.05) is 48.5 Å². The number of benzene rings is 2. The smallest absolute Gasteiger partial charge is 0.191 e. The average Bonchev–Trinajstić information content (AvgIpc) is 2.74. The summed E-state index contributed by atoms with van der Waals surface area (Å²) in [6.45, 7) is 2.77. The molecule has 30 heavy (non-hydrogen) atoms. The Labute approximate surface area is 196 Å². The number of nitrogens with one attached hydrogen (secondary N) is 2. The quantitative estimate of drug-likeness (QED) is 0.281. The molecule has 0 radical (unpaired) electrons. The number of nitrogens with zero attached hydrogens (tertiary/aromatic N) is 2. The van der Waals surface area contributed by atoms with Crippen molar-refractivity contribution in [3.63, 3.8) is 0 Å². The van der Waals surface area contributed by atoms with Crippen LogP contribution in [0.5, 0.6) is 17.2 Å². The number of aliphatic imine (C=N–C) groups is 1. The highest BCUT2D eigenvalue weighted by atomic mass is 127. The van der Waals surface area contributed by atoms with Gasteiger partial charge in [0.1, 0.15) is 23.9 Å². The van der Waals surface area contributed by atoms with Crippen LogP contribution in [0, 0.1) is 0 Å². The van der Waals surface area contributed by atoms with E-state index in [4.69, 9.17) is 14.2 Å². The third-order valence-corrected chi connectivity index (χ3v) is 4.33. The van der Waals surface area contributed by atoms with Gasteiger partial charge < -0.3 is 29.7 Å². The van der Waals surface area contributed by atoms with Crippen molar-refractivity contribution < 1.29 is 14.2 Å². The first kappa shape index (κ1) is 25.8. The van der Waals surface area contributed by atoms with Crippen LogP contribution in [0.4, 0.5) is 0 Å². The van der Waals surface area contributed by atoms with Gasteiger partial charge in [-0.25, -0.2) is 0 Å². The molecule has 0 aliphatic carbocycles. The topological polar surface area (TPSA) is 67.4 Å². The molecule has 0 aliphatic heterocycles. The van der Waals surface area contributed by atoms with Gasteiger partial charge in [0.15, 0.2) is 5.96 Å². The SMILES string of the molecule is CN=C(NCc1cccc(OCCN(C)C)c1)NCc1ccc(OC)cc1OC.I. The monoisotopic (exact) mass is 528 g/mol. The number of rotatable bonds is 10. The van der Waals surface area contributed by atoms with Gasteiger partial charge in [-0.2, -0.15) is 0 Å². The average molecular weight is 528 g/mol. The molecular formula is C22H33IN4O3. The molecule has 0 bridgehead atoms. The van der Waals surface area contributed by atoms with Crippen LogP contribution in [0.15, 0.2) is 47.5 Å². The second-order valence-electron chi connectivity index (χ2n) is 6.76. The van der Waals surface area contributed by atoms with Crippen molar-refractivity contribution in [1.82, 2.24) is 15.5 Å². The van der Waals surface area contributed by atoms with E-state index in [1.807, 2.05) is 50.5 Å². The number of guanidine groups is 1. The molecular weight excluding hydrogens is 495 g/mol. The maximum absolute atomic E-state index is 5.80. The summed E-state index contributed by atoms with van der Waals surface area (Å²) in [5.74, 6) is 3.12. The first-order valence-electron chi connectivity index (χ1n) is 9.57. The van der Waals surface area contributed by atoms with Crippen LogP contribution in [-0.4, -0.2) is 59.4 Å². The molecule has 0 aliphatic rings. The van der Waals surface area contributed by atoms with Gasteiger partial charge in [0.05, 0.1) is 14.2 Å². The molecule has 8 heteroatoms. The predicted octanol–water partition coefficient (Wildman–Crippen LogP) is 3.13. The second-order valence-corrected chi connectivity index (χ2v) is 6.76. The zero-order chi connectivity index (χ0) is 21.1. The lowest BCUT2D eigenvalue weighted by atomic mass is 10.2. The first-order valence-corrected chi connectivity index (χ1v) is 9.57. The third kappa shape index (κ3) is 8.66. The summed E-state index contributed by atoms with van der Waals surface area (Å²) in [4.78, 5) is 6.39. The highest BCUT2D eigenvalue weighted by Gasteiger charge is 2.06. The van der Waals surface area contributed by atoms with Crippen molar-refractivity contribution in [2.45, 2.75) is 13.1 Å². The highest BCUT2D eigenvalue weighted by Crippen LogP contribution is 2.24. The maximum atomic E-state index is 5.80. The van der Waals surface area contributed by atoms with E-state index >= 15 is 0 Å². The Morgan fingerprint density at radius 1 is 0.967 bits per heavy atom. The van der Waals surface area contributed by atoms with E-state index < -0.39 is 0 Å². The number of hydrogen-bond donors (Lipinski definition) is 2. The standard InChI is InChI=1S/C22H32N4O3.HI/c1-23-22(25-16-18-9-10-19(27-4)14-21(18)28-5)24-15-17-7-6-8-20(13-17)29-12-11-26(2)3;/h6-10,13-14H,11-12,15-16H2,1-5H3,(H2,23,24,25);1H. The van der Waals surface area contributed by atoms with E-state index in [0.717, 1.165) is 34.9 Å². The molecule has 2 aromatic rings. The van der Waals surface area contributed by atoms with Gasteiger partial charge in [-0.15, -0.1) is 24.0 Å². The van der Waals surface area contributed by atoms with Crippen molar-refractivity contribution in [2.24, 2.45) is 4.99 Å². The van der Waals surface area contributed by atoms with Gasteiger partial charge >= 0.3 is 0 Å². The Balaban J connectivity index is 0.00000450. The van der Waals surface area contributed by atoms with Crippen molar-refractivity contribution in [3.8, 4) is 17.2 Å². The fourth-order valence-corrected chi connectivity index (χ4v) is 2.67. The molecule has 0 heterocycles. The summed E-state index contributed by atoms with van der Waals surface area (Å²) in [5.41, 5.74) is 2.14. The van der Waals surface area contributed by atoms with E-state index in [1.165, 1.54) is 0 Å². The summed E-state index contributed by atoms with van der Waals surface area (Å²) in [6, 6.07) is 13.8. The molecule has 0 spiro atoms. The van der Waals surface area contributed by atoms with Gasteiger partial charge in [-0.05, 0) is 43.9 Å². The molecule has 166 valence electrons. The Morgan fingerprint density at radius 2 is 1.73 bits per heavy atom. The normalized spacial score (nSPS) is 10.9. The van der Waals surface area contributed by atoms with Crippen LogP contribution in [0.2, 0.25) is 0 Å². The van der Waals surface area contributed by atoms with E-state index in [-0.39, 0.29) is 24.0 Å². The Kier molecular flexibility index (Phi) is 12.0. The molecule has 2 aromatic carbocycles. The molecule has 0 fully saturated rings. The molecule has 0 aromatic heterocycles. The van der Waals surface area contributed by atoms with Crippen LogP contribution in [0.3, 0.4) is 0 Å². The molecule has 2 rings (SSSR count). The summed E-state index contributed by atoms with van der Waals surface area (Å²) in [6.07, 6.45) is 0. The van der Waals surface area contributed by atoms with Crippen molar-refractivity contribution in [1.29, 1.82) is 0 Å². The lowest BCUT2D eigenvalue weighted by Gasteiger charge is -2.15. The summed E-state index contributed by atoms with van der Waals surface area (Å²) in [7, 11) is 9.11. The molecule has 0 atom stereocenters. The fourth-order valence-electron chi connectivity index (χ4n) is 2.67. The molecule has 0 unspecified atom stereocenters. The van der Waals surface area contributed by atoms with Crippen LogP contribution in [0.1, 0.15) is 11.1 Å². The lowest BCUT2D eigenvalue weighted by Crippen LogP contribution is -2.36. The Hall–Kier alpha value is -2.20. The maximum Gasteiger partial charge on any atom is 0.191 e. The highest BCUT2D eigenvalue weighted by molar-refractivity contribution is 14.0. The predicted molar refractivity (Wildman–Crippen MR) is 132 cm³/mol. The Morgan fingerprint density at radius 3 is 2.40 bits per heavy atom. The zero-order valence-electron chi connectivity index (χ0n) is 18.4. The number of hydrogen-bond acceptors (Lipinski definition) is 5. The van der Waals surface area contributed by atoms with Gasteiger partial charge in [0.2, 0.25) is 0 Å². The molecule has 7 nitrogen and oxygen atoms in total. The van der Waals surface area contributed by atoms with E-state index in [2.05, 4.69) is 26.6 Å². The number of methoxy groups -OCH3 is 2.